The average molecular weight is 209 g/mol. The lowest BCUT2D eigenvalue weighted by Crippen LogP contribution is -2.41. The van der Waals surface area contributed by atoms with Gasteiger partial charge in [-0.2, -0.15) is 0 Å². The molecule has 0 aliphatic carbocycles. The predicted octanol–water partition coefficient (Wildman–Crippen LogP) is 0.254. The molecular weight excluding hydrogens is 194 g/mol. The number of hydrogen-bond acceptors (Lipinski definition) is 3. The number of hydrogen-bond donors (Lipinski definition) is 2. The number of aliphatic hydroxyl groups is 1. The maximum absolute atomic E-state index is 11.9. The minimum absolute atomic E-state index is 0.0225. The molecule has 5 heteroatoms. The average Bonchev–Trinajstić information content (AvgIpc) is 2.81. The van der Waals surface area contributed by atoms with E-state index < -0.39 is 0 Å². The molecule has 5 nitrogen and oxygen atoms in total. The van der Waals surface area contributed by atoms with Gasteiger partial charge in [0.2, 0.25) is 0 Å². The van der Waals surface area contributed by atoms with Crippen molar-refractivity contribution in [3.63, 3.8) is 0 Å². The Kier molecular flexibility index (Phi) is 3.01. The summed E-state index contributed by atoms with van der Waals surface area (Å²) in [6, 6.07) is 0. The normalized spacial score (nSPS) is 21.7. The minimum atomic E-state index is -0.0225. The topological polar surface area (TPSA) is 69.2 Å². The molecule has 1 atom stereocenters. The zero-order chi connectivity index (χ0) is 10.7. The number of nitrogens with one attached hydrogen (secondary N) is 1. The third-order valence-electron chi connectivity index (χ3n) is 2.79. The second-order valence-corrected chi connectivity index (χ2v) is 3.91. The van der Waals surface area contributed by atoms with E-state index in [0.29, 0.717) is 12.2 Å². The number of imidazole rings is 1. The molecule has 82 valence electrons. The van der Waals surface area contributed by atoms with Gasteiger partial charge < -0.3 is 15.0 Å². The first-order chi connectivity index (χ1) is 7.31. The molecule has 1 saturated heterocycles. The number of amides is 1. The van der Waals surface area contributed by atoms with Crippen LogP contribution < -0.4 is 0 Å². The summed E-state index contributed by atoms with van der Waals surface area (Å²) in [5.41, 5.74) is 0.522. The Bertz CT molecular complexity index is 323. The fourth-order valence-corrected chi connectivity index (χ4v) is 1.94. The summed E-state index contributed by atoms with van der Waals surface area (Å²) in [5.74, 6) is 0.205. The molecular formula is C10H15N3O2. The number of rotatable bonds is 2. The van der Waals surface area contributed by atoms with Crippen LogP contribution in [0.2, 0.25) is 0 Å². The molecule has 0 radical (unpaired) electrons. The highest BCUT2D eigenvalue weighted by atomic mass is 16.3. The van der Waals surface area contributed by atoms with Crippen molar-refractivity contribution in [2.45, 2.75) is 12.8 Å². The molecule has 0 unspecified atom stereocenters. The number of aromatic amines is 1. The third-order valence-corrected chi connectivity index (χ3v) is 2.79. The highest BCUT2D eigenvalue weighted by Gasteiger charge is 2.24. The summed E-state index contributed by atoms with van der Waals surface area (Å²) in [6.45, 7) is 1.58. The molecule has 0 saturated carbocycles. The maximum atomic E-state index is 11.9. The van der Waals surface area contributed by atoms with Crippen LogP contribution in [0.5, 0.6) is 0 Å². The van der Waals surface area contributed by atoms with E-state index in [4.69, 9.17) is 5.11 Å². The standard InChI is InChI=1S/C10H15N3O2/c14-6-8-2-1-3-13(5-8)10(15)9-4-11-7-12-9/h4,7-8,14H,1-3,5-6H2,(H,11,12)/t8-/m0/s1. The second-order valence-electron chi connectivity index (χ2n) is 3.91. The number of likely N-dealkylation sites (tertiary alicyclic amines) is 1. The number of nitrogens with zero attached hydrogens (tertiary/aromatic N) is 2. The van der Waals surface area contributed by atoms with Crippen molar-refractivity contribution in [2.24, 2.45) is 5.92 Å². The van der Waals surface area contributed by atoms with Crippen LogP contribution in [0.25, 0.3) is 0 Å². The summed E-state index contributed by atoms with van der Waals surface area (Å²) in [6.07, 6.45) is 5.00. The Labute approximate surface area is 88.1 Å². The van der Waals surface area contributed by atoms with Crippen molar-refractivity contribution in [3.8, 4) is 0 Å². The second kappa shape index (κ2) is 4.44. The molecule has 0 spiro atoms. The molecule has 2 heterocycles. The summed E-state index contributed by atoms with van der Waals surface area (Å²) >= 11 is 0. The van der Waals surface area contributed by atoms with Gasteiger partial charge in [-0.05, 0) is 18.8 Å². The fraction of sp³-hybridized carbons (Fsp3) is 0.600. The number of carbonyl (C=O) groups excluding carboxylic acids is 1. The fourth-order valence-electron chi connectivity index (χ4n) is 1.94. The van der Waals surface area contributed by atoms with Crippen molar-refractivity contribution in [3.05, 3.63) is 18.2 Å². The zero-order valence-corrected chi connectivity index (χ0v) is 8.52. The first-order valence-electron chi connectivity index (χ1n) is 5.19. The van der Waals surface area contributed by atoms with Crippen molar-refractivity contribution < 1.29 is 9.90 Å². The Morgan fingerprint density at radius 3 is 3.27 bits per heavy atom. The van der Waals surface area contributed by atoms with Crippen molar-refractivity contribution >= 4 is 5.91 Å². The molecule has 1 fully saturated rings. The Balaban J connectivity index is 2.01. The van der Waals surface area contributed by atoms with Gasteiger partial charge in [-0.1, -0.05) is 0 Å². The molecule has 2 rings (SSSR count). The quantitative estimate of drug-likeness (QED) is 0.733. The predicted molar refractivity (Wildman–Crippen MR) is 54.3 cm³/mol. The van der Waals surface area contributed by atoms with Gasteiger partial charge >= 0.3 is 0 Å². The van der Waals surface area contributed by atoms with Gasteiger partial charge in [0.1, 0.15) is 5.69 Å². The van der Waals surface area contributed by atoms with E-state index >= 15 is 0 Å². The Morgan fingerprint density at radius 2 is 2.60 bits per heavy atom. The van der Waals surface area contributed by atoms with Crippen LogP contribution in [-0.4, -0.2) is 45.6 Å². The summed E-state index contributed by atoms with van der Waals surface area (Å²) in [4.78, 5) is 20.3. The van der Waals surface area contributed by atoms with Gasteiger partial charge in [-0.3, -0.25) is 4.79 Å². The van der Waals surface area contributed by atoms with Crippen LogP contribution in [0.4, 0.5) is 0 Å². The molecule has 1 aliphatic heterocycles. The number of piperidine rings is 1. The SMILES string of the molecule is O=C(c1cnc[nH]1)N1CCC[C@H](CO)C1. The first-order valence-corrected chi connectivity index (χ1v) is 5.19. The van der Waals surface area contributed by atoms with Crippen molar-refractivity contribution in [2.75, 3.05) is 19.7 Å². The Hall–Kier alpha value is -1.36. The summed E-state index contributed by atoms with van der Waals surface area (Å²) in [7, 11) is 0. The van der Waals surface area contributed by atoms with Gasteiger partial charge in [0, 0.05) is 19.7 Å². The number of aliphatic hydroxyl groups excluding tert-OH is 1. The molecule has 0 aromatic carbocycles. The first kappa shape index (κ1) is 10.2. The van der Waals surface area contributed by atoms with Gasteiger partial charge in [0.15, 0.2) is 0 Å². The third kappa shape index (κ3) is 2.18. The lowest BCUT2D eigenvalue weighted by atomic mass is 9.99. The highest BCUT2D eigenvalue weighted by Crippen LogP contribution is 2.17. The number of H-pyrrole nitrogens is 1. The van der Waals surface area contributed by atoms with Gasteiger partial charge in [-0.15, -0.1) is 0 Å². The van der Waals surface area contributed by atoms with Gasteiger partial charge in [0.05, 0.1) is 12.5 Å². The van der Waals surface area contributed by atoms with Crippen LogP contribution in [0.1, 0.15) is 23.3 Å². The van der Waals surface area contributed by atoms with E-state index in [9.17, 15) is 4.79 Å². The number of aromatic nitrogens is 2. The van der Waals surface area contributed by atoms with E-state index in [1.165, 1.54) is 12.5 Å². The van der Waals surface area contributed by atoms with Crippen LogP contribution in [0.15, 0.2) is 12.5 Å². The molecule has 0 bridgehead atoms. The molecule has 1 aromatic rings. The summed E-state index contributed by atoms with van der Waals surface area (Å²) in [5, 5.41) is 9.06. The largest absolute Gasteiger partial charge is 0.396 e. The summed E-state index contributed by atoms with van der Waals surface area (Å²) < 4.78 is 0. The van der Waals surface area contributed by atoms with Crippen LogP contribution >= 0.6 is 0 Å². The highest BCUT2D eigenvalue weighted by molar-refractivity contribution is 5.92. The molecule has 1 amide bonds. The van der Waals surface area contributed by atoms with E-state index in [-0.39, 0.29) is 18.4 Å². The van der Waals surface area contributed by atoms with E-state index in [0.717, 1.165) is 19.4 Å². The minimum Gasteiger partial charge on any atom is -0.396 e. The lowest BCUT2D eigenvalue weighted by Gasteiger charge is -2.31. The molecule has 1 aliphatic rings. The van der Waals surface area contributed by atoms with Crippen LogP contribution in [0.3, 0.4) is 0 Å². The smallest absolute Gasteiger partial charge is 0.271 e. The van der Waals surface area contributed by atoms with Crippen molar-refractivity contribution in [1.82, 2.24) is 14.9 Å². The molecule has 1 aromatic heterocycles. The van der Waals surface area contributed by atoms with Gasteiger partial charge in [0.25, 0.3) is 5.91 Å². The van der Waals surface area contributed by atoms with Crippen LogP contribution in [-0.2, 0) is 0 Å². The van der Waals surface area contributed by atoms with E-state index in [1.807, 2.05) is 0 Å². The van der Waals surface area contributed by atoms with Crippen LogP contribution in [0, 0.1) is 5.92 Å². The van der Waals surface area contributed by atoms with Crippen molar-refractivity contribution in [1.29, 1.82) is 0 Å². The number of carbonyl (C=O) groups is 1. The van der Waals surface area contributed by atoms with E-state index in [1.54, 1.807) is 4.90 Å². The molecule has 2 N–H and O–H groups in total. The molecule has 15 heavy (non-hydrogen) atoms. The Morgan fingerprint density at radius 1 is 1.73 bits per heavy atom. The zero-order valence-electron chi connectivity index (χ0n) is 8.52. The van der Waals surface area contributed by atoms with E-state index in [2.05, 4.69) is 9.97 Å². The lowest BCUT2D eigenvalue weighted by molar-refractivity contribution is 0.0615. The van der Waals surface area contributed by atoms with Gasteiger partial charge in [-0.25, -0.2) is 4.98 Å². The maximum Gasteiger partial charge on any atom is 0.271 e. The monoisotopic (exact) mass is 209 g/mol.